The molecule has 2 aromatic carbocycles. The summed E-state index contributed by atoms with van der Waals surface area (Å²) in [5.41, 5.74) is 2.10. The lowest BCUT2D eigenvalue weighted by Gasteiger charge is -2.31. The summed E-state index contributed by atoms with van der Waals surface area (Å²) in [6.07, 6.45) is 2.26. The third-order valence-corrected chi connectivity index (χ3v) is 5.61. The average Bonchev–Trinajstić information content (AvgIpc) is 3.09. The number of hydrogen-bond donors (Lipinski definition) is 1. The molecule has 156 valence electrons. The number of nitrogens with one attached hydrogen (secondary N) is 1. The Morgan fingerprint density at radius 2 is 1.70 bits per heavy atom. The Hall–Kier alpha value is -3.35. The first-order chi connectivity index (χ1) is 14.6. The van der Waals surface area contributed by atoms with Gasteiger partial charge in [-0.1, -0.05) is 30.3 Å². The highest BCUT2D eigenvalue weighted by Gasteiger charge is 2.27. The largest absolute Gasteiger partial charge is 0.419 e. The third-order valence-electron chi connectivity index (χ3n) is 5.61. The van der Waals surface area contributed by atoms with Crippen molar-refractivity contribution in [2.24, 2.45) is 5.92 Å². The number of benzene rings is 2. The maximum absolute atomic E-state index is 12.6. The molecule has 0 radical (unpaired) electrons. The highest BCUT2D eigenvalue weighted by Crippen LogP contribution is 2.20. The van der Waals surface area contributed by atoms with Crippen LogP contribution in [-0.2, 0) is 16.1 Å². The van der Waals surface area contributed by atoms with Crippen molar-refractivity contribution in [3.05, 3.63) is 65.1 Å². The van der Waals surface area contributed by atoms with Crippen molar-refractivity contribution in [3.63, 3.8) is 0 Å². The minimum atomic E-state index is -0.395. The van der Waals surface area contributed by atoms with Crippen molar-refractivity contribution in [2.75, 3.05) is 18.4 Å². The number of piperidine rings is 1. The van der Waals surface area contributed by atoms with Gasteiger partial charge in [-0.25, -0.2) is 4.79 Å². The van der Waals surface area contributed by atoms with Crippen molar-refractivity contribution in [3.8, 4) is 0 Å². The summed E-state index contributed by atoms with van der Waals surface area (Å²) in [5.74, 6) is -0.392. The first kappa shape index (κ1) is 19.9. The second kappa shape index (κ2) is 8.98. The van der Waals surface area contributed by atoms with Crippen LogP contribution in [0.5, 0.6) is 0 Å². The monoisotopic (exact) mass is 407 g/mol. The summed E-state index contributed by atoms with van der Waals surface area (Å²) >= 11 is 0. The van der Waals surface area contributed by atoms with Crippen LogP contribution in [-0.4, -0.2) is 34.4 Å². The van der Waals surface area contributed by atoms with Gasteiger partial charge in [0.1, 0.15) is 0 Å². The fourth-order valence-corrected chi connectivity index (χ4v) is 3.93. The predicted octanol–water partition coefficient (Wildman–Crippen LogP) is 3.25. The molecule has 0 saturated carbocycles. The molecular formula is C23H25N3O4. The lowest BCUT2D eigenvalue weighted by Crippen LogP contribution is -2.41. The number of carbonyl (C=O) groups excluding carboxylic acids is 2. The number of fused-ring (bicyclic) bond motifs is 1. The zero-order chi connectivity index (χ0) is 20.9. The van der Waals surface area contributed by atoms with E-state index in [4.69, 9.17) is 4.42 Å². The maximum Gasteiger partial charge on any atom is 0.419 e. The number of hydrogen-bond acceptors (Lipinski definition) is 4. The Balaban J connectivity index is 1.24. The minimum absolute atomic E-state index is 0.0134. The number of nitrogens with zero attached hydrogens (tertiary/aromatic N) is 2. The standard InChI is InChI=1S/C23H25N3O4/c27-21(11-6-14-26-19-9-4-5-10-20(19)30-23(26)29)25-15-12-17(13-16-25)22(28)24-18-7-2-1-3-8-18/h1-5,7-10,17H,6,11-16H2,(H,24,28). The fourth-order valence-electron chi connectivity index (χ4n) is 3.93. The average molecular weight is 407 g/mol. The lowest BCUT2D eigenvalue weighted by molar-refractivity contribution is -0.134. The van der Waals surface area contributed by atoms with Crippen molar-refractivity contribution < 1.29 is 14.0 Å². The zero-order valence-electron chi connectivity index (χ0n) is 16.8. The Morgan fingerprint density at radius 3 is 2.47 bits per heavy atom. The molecule has 0 unspecified atom stereocenters. The number of carbonyl (C=O) groups is 2. The smallest absolute Gasteiger partial charge is 0.408 e. The summed E-state index contributed by atoms with van der Waals surface area (Å²) in [5, 5.41) is 2.94. The second-order valence-corrected chi connectivity index (χ2v) is 7.60. The first-order valence-corrected chi connectivity index (χ1v) is 10.3. The van der Waals surface area contributed by atoms with Gasteiger partial charge >= 0.3 is 5.76 Å². The molecule has 0 aliphatic carbocycles. The van der Waals surface area contributed by atoms with Gasteiger partial charge in [-0.15, -0.1) is 0 Å². The van der Waals surface area contributed by atoms with Crippen molar-refractivity contribution in [2.45, 2.75) is 32.2 Å². The van der Waals surface area contributed by atoms with E-state index >= 15 is 0 Å². The second-order valence-electron chi connectivity index (χ2n) is 7.60. The van der Waals surface area contributed by atoms with Gasteiger partial charge in [-0.3, -0.25) is 14.2 Å². The molecule has 1 fully saturated rings. The summed E-state index contributed by atoms with van der Waals surface area (Å²) < 4.78 is 6.80. The van der Waals surface area contributed by atoms with E-state index in [0.29, 0.717) is 50.9 Å². The van der Waals surface area contributed by atoms with Crippen LogP contribution in [0.3, 0.4) is 0 Å². The first-order valence-electron chi connectivity index (χ1n) is 10.3. The molecule has 7 nitrogen and oxygen atoms in total. The number of oxazole rings is 1. The van der Waals surface area contributed by atoms with Crippen LogP contribution in [0.25, 0.3) is 11.1 Å². The van der Waals surface area contributed by atoms with Crippen LogP contribution in [0.4, 0.5) is 5.69 Å². The topological polar surface area (TPSA) is 84.5 Å². The molecule has 0 atom stereocenters. The highest BCUT2D eigenvalue weighted by molar-refractivity contribution is 5.92. The van der Waals surface area contributed by atoms with Gasteiger partial charge in [-0.05, 0) is 43.5 Å². The summed E-state index contributed by atoms with van der Waals surface area (Å²) in [6, 6.07) is 16.7. The molecule has 1 saturated heterocycles. The van der Waals surface area contributed by atoms with Gasteiger partial charge < -0.3 is 14.6 Å². The zero-order valence-corrected chi connectivity index (χ0v) is 16.8. The Labute approximate surface area is 174 Å². The molecule has 30 heavy (non-hydrogen) atoms. The molecule has 1 aliphatic heterocycles. The van der Waals surface area contributed by atoms with Crippen LogP contribution >= 0.6 is 0 Å². The van der Waals surface area contributed by atoms with Crippen molar-refractivity contribution in [1.29, 1.82) is 0 Å². The fraction of sp³-hybridized carbons (Fsp3) is 0.348. The van der Waals surface area contributed by atoms with Crippen LogP contribution in [0.15, 0.2) is 63.8 Å². The van der Waals surface area contributed by atoms with E-state index in [9.17, 15) is 14.4 Å². The molecule has 1 aromatic heterocycles. The van der Waals surface area contributed by atoms with E-state index in [2.05, 4.69) is 5.32 Å². The Bertz CT molecular complexity index is 1080. The summed E-state index contributed by atoms with van der Waals surface area (Å²) in [6.45, 7) is 1.61. The van der Waals surface area contributed by atoms with Gasteiger partial charge in [0, 0.05) is 37.7 Å². The van der Waals surface area contributed by atoms with Gasteiger partial charge in [0.05, 0.1) is 5.52 Å². The van der Waals surface area contributed by atoms with Crippen LogP contribution in [0.1, 0.15) is 25.7 Å². The number of aryl methyl sites for hydroxylation is 1. The van der Waals surface area contributed by atoms with Crippen molar-refractivity contribution >= 4 is 28.6 Å². The number of amides is 2. The number of likely N-dealkylation sites (tertiary alicyclic amines) is 1. The molecule has 1 aliphatic rings. The summed E-state index contributed by atoms with van der Waals surface area (Å²) in [7, 11) is 0. The van der Waals surface area contributed by atoms with E-state index in [1.165, 1.54) is 0 Å². The number of para-hydroxylation sites is 3. The number of anilines is 1. The van der Waals surface area contributed by atoms with Gasteiger partial charge in [0.15, 0.2) is 5.58 Å². The minimum Gasteiger partial charge on any atom is -0.408 e. The molecule has 0 bridgehead atoms. The number of aromatic nitrogens is 1. The Morgan fingerprint density at radius 1 is 1.00 bits per heavy atom. The van der Waals surface area contributed by atoms with E-state index in [-0.39, 0.29) is 17.7 Å². The molecule has 3 aromatic rings. The molecule has 0 spiro atoms. The normalized spacial score (nSPS) is 14.7. The van der Waals surface area contributed by atoms with Crippen LogP contribution in [0.2, 0.25) is 0 Å². The quantitative estimate of drug-likeness (QED) is 0.680. The maximum atomic E-state index is 12.6. The molecule has 2 heterocycles. The van der Waals surface area contributed by atoms with Crippen molar-refractivity contribution in [1.82, 2.24) is 9.47 Å². The van der Waals surface area contributed by atoms with Crippen LogP contribution in [0, 0.1) is 5.92 Å². The van der Waals surface area contributed by atoms with Crippen LogP contribution < -0.4 is 11.1 Å². The molecular weight excluding hydrogens is 382 g/mol. The van der Waals surface area contributed by atoms with E-state index in [0.717, 1.165) is 11.2 Å². The molecule has 4 rings (SSSR count). The molecule has 1 N–H and O–H groups in total. The Kier molecular flexibility index (Phi) is 5.97. The van der Waals surface area contributed by atoms with Gasteiger partial charge in [-0.2, -0.15) is 0 Å². The van der Waals surface area contributed by atoms with E-state index in [1.54, 1.807) is 10.6 Å². The SMILES string of the molecule is O=C(Nc1ccccc1)C1CCN(C(=O)CCCn2c(=O)oc3ccccc32)CC1. The highest BCUT2D eigenvalue weighted by atomic mass is 16.4. The van der Waals surface area contributed by atoms with E-state index < -0.39 is 5.76 Å². The van der Waals surface area contributed by atoms with Gasteiger partial charge in [0.25, 0.3) is 0 Å². The summed E-state index contributed by atoms with van der Waals surface area (Å²) in [4.78, 5) is 38.8. The lowest BCUT2D eigenvalue weighted by atomic mass is 9.95. The van der Waals surface area contributed by atoms with Gasteiger partial charge in [0.2, 0.25) is 11.8 Å². The molecule has 2 amide bonds. The molecule has 7 heteroatoms. The number of rotatable bonds is 6. The predicted molar refractivity (Wildman–Crippen MR) is 114 cm³/mol. The third kappa shape index (κ3) is 4.45. The van der Waals surface area contributed by atoms with E-state index in [1.807, 2.05) is 53.4 Å².